The van der Waals surface area contributed by atoms with E-state index in [4.69, 9.17) is 18.9 Å². The number of hydrazone groups is 1. The molecule has 0 atom stereocenters. The summed E-state index contributed by atoms with van der Waals surface area (Å²) in [6.45, 7) is 8.71. The van der Waals surface area contributed by atoms with Crippen molar-refractivity contribution in [2.45, 2.75) is 27.7 Å². The zero-order chi connectivity index (χ0) is 27.3. The largest absolute Gasteiger partial charge is 0.490 e. The van der Waals surface area contributed by atoms with Crippen LogP contribution in [0.2, 0.25) is 0 Å². The summed E-state index contributed by atoms with van der Waals surface area (Å²) >= 11 is 0. The van der Waals surface area contributed by atoms with E-state index in [0.29, 0.717) is 59.6 Å². The van der Waals surface area contributed by atoms with Crippen LogP contribution in [0, 0.1) is 6.92 Å². The Morgan fingerprint density at radius 3 is 2.16 bits per heavy atom. The average molecular weight is 520 g/mol. The highest BCUT2D eigenvalue weighted by Crippen LogP contribution is 2.29. The highest BCUT2D eigenvalue weighted by molar-refractivity contribution is 5.95. The monoisotopic (exact) mass is 519 g/mol. The summed E-state index contributed by atoms with van der Waals surface area (Å²) in [5, 5.41) is 6.86. The molecule has 0 fully saturated rings. The maximum Gasteiger partial charge on any atom is 0.271 e. The van der Waals surface area contributed by atoms with Gasteiger partial charge in [-0.25, -0.2) is 5.43 Å². The number of nitrogens with one attached hydrogen (secondary N) is 2. The number of ether oxygens (including phenoxy) is 4. The number of carbonyl (C=O) groups is 2. The summed E-state index contributed by atoms with van der Waals surface area (Å²) in [4.78, 5) is 24.9. The van der Waals surface area contributed by atoms with Gasteiger partial charge in [0.15, 0.2) is 29.6 Å². The van der Waals surface area contributed by atoms with Gasteiger partial charge in [-0.3, -0.25) is 9.59 Å². The normalized spacial score (nSPS) is 10.6. The number of hydrogen-bond donors (Lipinski definition) is 2. The lowest BCUT2D eigenvalue weighted by Gasteiger charge is -2.13. The van der Waals surface area contributed by atoms with Crippen LogP contribution in [0.1, 0.15) is 42.3 Å². The minimum Gasteiger partial charge on any atom is -0.490 e. The van der Waals surface area contributed by atoms with E-state index < -0.39 is 5.91 Å². The van der Waals surface area contributed by atoms with E-state index >= 15 is 0 Å². The molecule has 3 aromatic rings. The molecule has 0 bridgehead atoms. The maximum atomic E-state index is 12.6. The third-order valence-corrected chi connectivity index (χ3v) is 5.11. The molecule has 0 spiro atoms. The van der Waals surface area contributed by atoms with E-state index in [0.717, 1.165) is 5.56 Å². The summed E-state index contributed by atoms with van der Waals surface area (Å²) < 4.78 is 22.5. The summed E-state index contributed by atoms with van der Waals surface area (Å²) in [6.07, 6.45) is 1.49. The first-order valence-corrected chi connectivity index (χ1v) is 12.4. The lowest BCUT2D eigenvalue weighted by Crippen LogP contribution is -2.20. The molecule has 38 heavy (non-hydrogen) atoms. The molecule has 3 rings (SSSR count). The fourth-order valence-electron chi connectivity index (χ4n) is 3.48. The zero-order valence-corrected chi connectivity index (χ0v) is 22.1. The number of amides is 2. The minimum absolute atomic E-state index is 0.177. The molecule has 0 aliphatic carbocycles. The molecule has 200 valence electrons. The molecule has 0 aliphatic rings. The SMILES string of the molecule is CCOc1ccc(C(=O)N/N=C/c2ccc(OCC(=O)Nc3cccc(C)c3)c(OCC)c2)cc1OCC. The molecular weight excluding hydrogens is 486 g/mol. The lowest BCUT2D eigenvalue weighted by atomic mass is 10.2. The van der Waals surface area contributed by atoms with Crippen molar-refractivity contribution in [3.8, 4) is 23.0 Å². The molecule has 9 heteroatoms. The third-order valence-electron chi connectivity index (χ3n) is 5.11. The summed E-state index contributed by atoms with van der Waals surface area (Å²) in [6, 6.07) is 17.6. The van der Waals surface area contributed by atoms with Gasteiger partial charge in [0, 0.05) is 11.3 Å². The van der Waals surface area contributed by atoms with Crippen molar-refractivity contribution >= 4 is 23.7 Å². The molecule has 9 nitrogen and oxygen atoms in total. The first kappa shape index (κ1) is 28.0. The van der Waals surface area contributed by atoms with E-state index in [9.17, 15) is 9.59 Å². The summed E-state index contributed by atoms with van der Waals surface area (Å²) in [7, 11) is 0. The second kappa shape index (κ2) is 14.3. The molecule has 0 radical (unpaired) electrons. The van der Waals surface area contributed by atoms with Gasteiger partial charge >= 0.3 is 0 Å². The first-order chi connectivity index (χ1) is 18.4. The van der Waals surface area contributed by atoms with Crippen LogP contribution in [0.15, 0.2) is 65.8 Å². The molecule has 2 N–H and O–H groups in total. The second-order valence-electron chi connectivity index (χ2n) is 8.07. The third kappa shape index (κ3) is 8.26. The number of carbonyl (C=O) groups excluding carboxylic acids is 2. The van der Waals surface area contributed by atoms with E-state index in [1.54, 1.807) is 36.4 Å². The molecular formula is C29H33N3O6. The van der Waals surface area contributed by atoms with Crippen LogP contribution in [-0.2, 0) is 4.79 Å². The van der Waals surface area contributed by atoms with E-state index in [-0.39, 0.29) is 12.5 Å². The minimum atomic E-state index is -0.394. The highest BCUT2D eigenvalue weighted by Gasteiger charge is 2.12. The standard InChI is InChI=1S/C29H33N3O6/c1-5-35-24-14-12-22(17-27(24)37-7-3)29(34)32-30-18-21-11-13-25(26(16-21)36-6-2)38-19-28(33)31-23-10-8-9-20(4)15-23/h8-18H,5-7,19H2,1-4H3,(H,31,33)(H,32,34)/b30-18+. The Morgan fingerprint density at radius 1 is 0.789 bits per heavy atom. The Hall–Kier alpha value is -4.53. The Bertz CT molecular complexity index is 1270. The van der Waals surface area contributed by atoms with Gasteiger partial charge in [0.25, 0.3) is 11.8 Å². The number of rotatable bonds is 13. The number of anilines is 1. The Kier molecular flexibility index (Phi) is 10.5. The van der Waals surface area contributed by atoms with Crippen LogP contribution in [0.5, 0.6) is 23.0 Å². The number of hydrogen-bond acceptors (Lipinski definition) is 7. The molecule has 3 aromatic carbocycles. The van der Waals surface area contributed by atoms with Crippen LogP contribution < -0.4 is 29.7 Å². The second-order valence-corrected chi connectivity index (χ2v) is 8.07. The molecule has 0 saturated heterocycles. The van der Waals surface area contributed by atoms with Crippen molar-refractivity contribution in [2.24, 2.45) is 5.10 Å². The van der Waals surface area contributed by atoms with Gasteiger partial charge in [-0.05, 0) is 87.4 Å². The molecule has 0 aliphatic heterocycles. The van der Waals surface area contributed by atoms with Gasteiger partial charge in [-0.15, -0.1) is 0 Å². The fourth-order valence-corrected chi connectivity index (χ4v) is 3.48. The van der Waals surface area contributed by atoms with Gasteiger partial charge in [0.05, 0.1) is 26.0 Å². The van der Waals surface area contributed by atoms with E-state index in [1.807, 2.05) is 52.0 Å². The van der Waals surface area contributed by atoms with Gasteiger partial charge in [0.1, 0.15) is 0 Å². The first-order valence-electron chi connectivity index (χ1n) is 12.4. The molecule has 0 unspecified atom stereocenters. The quantitative estimate of drug-likeness (QED) is 0.244. The van der Waals surface area contributed by atoms with Crippen molar-refractivity contribution < 1.29 is 28.5 Å². The number of benzene rings is 3. The Labute approximate surface area is 222 Å². The van der Waals surface area contributed by atoms with Crippen molar-refractivity contribution in [1.82, 2.24) is 5.43 Å². The van der Waals surface area contributed by atoms with Gasteiger partial charge < -0.3 is 24.3 Å². The highest BCUT2D eigenvalue weighted by atomic mass is 16.5. The van der Waals surface area contributed by atoms with Crippen molar-refractivity contribution in [1.29, 1.82) is 0 Å². The van der Waals surface area contributed by atoms with E-state index in [2.05, 4.69) is 15.8 Å². The predicted octanol–water partition coefficient (Wildman–Crippen LogP) is 4.97. The zero-order valence-electron chi connectivity index (χ0n) is 22.1. The number of nitrogens with zero attached hydrogens (tertiary/aromatic N) is 1. The summed E-state index contributed by atoms with van der Waals surface area (Å²) in [5.74, 6) is 1.27. The average Bonchev–Trinajstić information content (AvgIpc) is 2.89. The molecule has 0 aromatic heterocycles. The van der Waals surface area contributed by atoms with Crippen molar-refractivity contribution in [3.63, 3.8) is 0 Å². The van der Waals surface area contributed by atoms with Gasteiger partial charge in [-0.2, -0.15) is 5.10 Å². The van der Waals surface area contributed by atoms with Gasteiger partial charge in [-0.1, -0.05) is 12.1 Å². The molecule has 0 heterocycles. The van der Waals surface area contributed by atoms with Crippen LogP contribution in [0.3, 0.4) is 0 Å². The van der Waals surface area contributed by atoms with Crippen LogP contribution in [0.4, 0.5) is 5.69 Å². The topological polar surface area (TPSA) is 107 Å². The molecule has 2 amide bonds. The van der Waals surface area contributed by atoms with E-state index in [1.165, 1.54) is 6.21 Å². The fraction of sp³-hybridized carbons (Fsp3) is 0.276. The van der Waals surface area contributed by atoms with Crippen LogP contribution >= 0.6 is 0 Å². The van der Waals surface area contributed by atoms with Crippen molar-refractivity contribution in [2.75, 3.05) is 31.7 Å². The Balaban J connectivity index is 1.61. The lowest BCUT2D eigenvalue weighted by molar-refractivity contribution is -0.118. The van der Waals surface area contributed by atoms with Crippen molar-refractivity contribution in [3.05, 3.63) is 77.4 Å². The number of aryl methyl sites for hydroxylation is 1. The maximum absolute atomic E-state index is 12.6. The van der Waals surface area contributed by atoms with Crippen LogP contribution in [0.25, 0.3) is 0 Å². The Morgan fingerprint density at radius 2 is 1.45 bits per heavy atom. The van der Waals surface area contributed by atoms with Gasteiger partial charge in [0.2, 0.25) is 0 Å². The molecule has 0 saturated carbocycles. The predicted molar refractivity (Wildman–Crippen MR) is 147 cm³/mol. The summed E-state index contributed by atoms with van der Waals surface area (Å²) in [5.41, 5.74) is 5.32. The smallest absolute Gasteiger partial charge is 0.271 e. The van der Waals surface area contributed by atoms with Crippen LogP contribution in [-0.4, -0.2) is 44.5 Å².